The highest BCUT2D eigenvalue weighted by atomic mass is 16.5. The number of hydrogen-bond acceptors (Lipinski definition) is 3. The maximum atomic E-state index is 11.3. The lowest BCUT2D eigenvalue weighted by Crippen LogP contribution is -1.95. The van der Waals surface area contributed by atoms with E-state index < -0.39 is 5.97 Å². The van der Waals surface area contributed by atoms with E-state index in [-0.39, 0.29) is 5.56 Å². The number of fused-ring (bicyclic) bond motifs is 1. The number of hydrogen-bond donors (Lipinski definition) is 1. The van der Waals surface area contributed by atoms with Gasteiger partial charge >= 0.3 is 5.97 Å². The molecule has 0 radical (unpaired) electrons. The number of pyridine rings is 1. The largest absolute Gasteiger partial charge is 0.497 e. The minimum atomic E-state index is -0.950. The van der Waals surface area contributed by atoms with Crippen LogP contribution in [0.1, 0.15) is 10.4 Å². The van der Waals surface area contributed by atoms with Gasteiger partial charge in [-0.3, -0.25) is 4.98 Å². The van der Waals surface area contributed by atoms with Gasteiger partial charge in [0, 0.05) is 23.5 Å². The molecule has 100 valence electrons. The van der Waals surface area contributed by atoms with E-state index in [9.17, 15) is 9.90 Å². The zero-order valence-corrected chi connectivity index (χ0v) is 10.8. The summed E-state index contributed by atoms with van der Waals surface area (Å²) in [6.45, 7) is 0. The number of carboxylic acids is 1. The molecule has 0 unspecified atom stereocenters. The second kappa shape index (κ2) is 4.70. The maximum Gasteiger partial charge on any atom is 0.337 e. The minimum absolute atomic E-state index is 0.262. The molecule has 0 aliphatic carbocycles. The molecular weight excluding hydrogens is 256 g/mol. The Morgan fingerprint density at radius 1 is 1.25 bits per heavy atom. The van der Waals surface area contributed by atoms with Crippen molar-refractivity contribution in [3.8, 4) is 11.4 Å². The molecule has 1 N–H and O–H groups in total. The number of nitrogens with zero attached hydrogens (tertiary/aromatic N) is 2. The smallest absolute Gasteiger partial charge is 0.337 e. The zero-order valence-electron chi connectivity index (χ0n) is 10.8. The Hall–Kier alpha value is -2.82. The fraction of sp³-hybridized carbons (Fsp3) is 0.0667. The van der Waals surface area contributed by atoms with Gasteiger partial charge in [0.25, 0.3) is 0 Å². The molecule has 3 rings (SSSR count). The van der Waals surface area contributed by atoms with E-state index in [1.54, 1.807) is 31.8 Å². The molecular formula is C15H12N2O3. The summed E-state index contributed by atoms with van der Waals surface area (Å²) in [4.78, 5) is 15.4. The standard InChI is InChI=1S/C15H12N2O3/c1-20-11-4-2-10(3-5-11)17-9-13(15(18)19)12-6-7-16-8-14(12)17/h2-9H,1H3,(H,18,19). The molecule has 0 amide bonds. The van der Waals surface area contributed by atoms with Crippen molar-refractivity contribution in [3.05, 3.63) is 54.5 Å². The van der Waals surface area contributed by atoms with Gasteiger partial charge in [0.15, 0.2) is 0 Å². The highest BCUT2D eigenvalue weighted by Gasteiger charge is 2.14. The van der Waals surface area contributed by atoms with Crippen LogP contribution in [0.3, 0.4) is 0 Å². The zero-order chi connectivity index (χ0) is 14.1. The summed E-state index contributed by atoms with van der Waals surface area (Å²) in [5.74, 6) is -0.199. The molecule has 3 aromatic rings. The summed E-state index contributed by atoms with van der Waals surface area (Å²) in [6, 6.07) is 9.11. The van der Waals surface area contributed by atoms with Crippen molar-refractivity contribution in [1.29, 1.82) is 0 Å². The fourth-order valence-electron chi connectivity index (χ4n) is 2.20. The number of aromatic nitrogens is 2. The Morgan fingerprint density at radius 2 is 2.00 bits per heavy atom. The van der Waals surface area contributed by atoms with E-state index in [1.807, 2.05) is 28.8 Å². The average molecular weight is 268 g/mol. The number of methoxy groups -OCH3 is 1. The lowest BCUT2D eigenvalue weighted by Gasteiger charge is -2.06. The van der Waals surface area contributed by atoms with Crippen molar-refractivity contribution < 1.29 is 14.6 Å². The third-order valence-corrected chi connectivity index (χ3v) is 3.19. The normalized spacial score (nSPS) is 10.7. The number of rotatable bonds is 3. The lowest BCUT2D eigenvalue weighted by molar-refractivity contribution is 0.0699. The van der Waals surface area contributed by atoms with E-state index in [0.29, 0.717) is 5.39 Å². The van der Waals surface area contributed by atoms with Crippen LogP contribution in [0.4, 0.5) is 0 Å². The van der Waals surface area contributed by atoms with Crippen LogP contribution >= 0.6 is 0 Å². The van der Waals surface area contributed by atoms with E-state index >= 15 is 0 Å². The van der Waals surface area contributed by atoms with Gasteiger partial charge in [-0.15, -0.1) is 0 Å². The molecule has 1 aromatic carbocycles. The number of carbonyl (C=O) groups is 1. The number of ether oxygens (including phenoxy) is 1. The molecule has 2 heterocycles. The molecule has 0 spiro atoms. The molecule has 0 saturated carbocycles. The third-order valence-electron chi connectivity index (χ3n) is 3.19. The van der Waals surface area contributed by atoms with Crippen molar-refractivity contribution >= 4 is 16.9 Å². The van der Waals surface area contributed by atoms with Crippen molar-refractivity contribution in [3.63, 3.8) is 0 Å². The van der Waals surface area contributed by atoms with Crippen molar-refractivity contribution in [2.45, 2.75) is 0 Å². The molecule has 5 heteroatoms. The second-order valence-corrected chi connectivity index (χ2v) is 4.31. The first-order chi connectivity index (χ1) is 9.70. The summed E-state index contributed by atoms with van der Waals surface area (Å²) >= 11 is 0. The van der Waals surface area contributed by atoms with Crippen molar-refractivity contribution in [1.82, 2.24) is 9.55 Å². The lowest BCUT2D eigenvalue weighted by atomic mass is 10.2. The van der Waals surface area contributed by atoms with Gasteiger partial charge < -0.3 is 14.4 Å². The summed E-state index contributed by atoms with van der Waals surface area (Å²) < 4.78 is 6.93. The Labute approximate surface area is 115 Å². The molecule has 20 heavy (non-hydrogen) atoms. The van der Waals surface area contributed by atoms with Gasteiger partial charge in [-0.25, -0.2) is 4.79 Å². The fourth-order valence-corrected chi connectivity index (χ4v) is 2.20. The molecule has 2 aromatic heterocycles. The molecule has 0 fully saturated rings. The maximum absolute atomic E-state index is 11.3. The summed E-state index contributed by atoms with van der Waals surface area (Å²) in [5, 5.41) is 9.94. The minimum Gasteiger partial charge on any atom is -0.497 e. The highest BCUT2D eigenvalue weighted by molar-refractivity contribution is 6.03. The van der Waals surface area contributed by atoms with Gasteiger partial charge in [-0.05, 0) is 30.3 Å². The number of aromatic carboxylic acids is 1. The van der Waals surface area contributed by atoms with Crippen LogP contribution in [0.2, 0.25) is 0 Å². The summed E-state index contributed by atoms with van der Waals surface area (Å²) in [7, 11) is 1.60. The van der Waals surface area contributed by atoms with Crippen molar-refractivity contribution in [2.24, 2.45) is 0 Å². The van der Waals surface area contributed by atoms with Crippen LogP contribution < -0.4 is 4.74 Å². The van der Waals surface area contributed by atoms with E-state index in [2.05, 4.69) is 4.98 Å². The first-order valence-corrected chi connectivity index (χ1v) is 6.03. The van der Waals surface area contributed by atoms with E-state index in [0.717, 1.165) is 17.0 Å². The predicted octanol–water partition coefficient (Wildman–Crippen LogP) is 2.73. The third kappa shape index (κ3) is 1.89. The monoisotopic (exact) mass is 268 g/mol. The van der Waals surface area contributed by atoms with Crippen LogP contribution in [0.15, 0.2) is 48.9 Å². The number of benzene rings is 1. The predicted molar refractivity (Wildman–Crippen MR) is 74.6 cm³/mol. The van der Waals surface area contributed by atoms with Crippen LogP contribution in [0.25, 0.3) is 16.6 Å². The van der Waals surface area contributed by atoms with E-state index in [4.69, 9.17) is 4.74 Å². The molecule has 0 atom stereocenters. The second-order valence-electron chi connectivity index (χ2n) is 4.31. The quantitative estimate of drug-likeness (QED) is 0.793. The van der Waals surface area contributed by atoms with Gasteiger partial charge in [0.2, 0.25) is 0 Å². The van der Waals surface area contributed by atoms with Gasteiger partial charge in [0.05, 0.1) is 24.4 Å². The SMILES string of the molecule is COc1ccc(-n2cc(C(=O)O)c3ccncc32)cc1. The molecule has 0 aliphatic rings. The average Bonchev–Trinajstić information content (AvgIpc) is 2.87. The first-order valence-electron chi connectivity index (χ1n) is 6.03. The first kappa shape index (κ1) is 12.2. The van der Waals surface area contributed by atoms with Gasteiger partial charge in [-0.1, -0.05) is 0 Å². The molecule has 0 saturated heterocycles. The Morgan fingerprint density at radius 3 is 2.65 bits per heavy atom. The Balaban J connectivity index is 2.22. The van der Waals surface area contributed by atoms with Crippen molar-refractivity contribution in [2.75, 3.05) is 7.11 Å². The summed E-state index contributed by atoms with van der Waals surface area (Å²) in [6.07, 6.45) is 4.86. The Kier molecular flexibility index (Phi) is 2.87. The topological polar surface area (TPSA) is 64.3 Å². The highest BCUT2D eigenvalue weighted by Crippen LogP contribution is 2.25. The molecule has 0 bridgehead atoms. The van der Waals surface area contributed by atoms with Gasteiger partial charge in [0.1, 0.15) is 5.75 Å². The van der Waals surface area contributed by atoms with Gasteiger partial charge in [-0.2, -0.15) is 0 Å². The Bertz CT molecular complexity index is 775. The van der Waals surface area contributed by atoms with Crippen LogP contribution in [-0.2, 0) is 0 Å². The molecule has 5 nitrogen and oxygen atoms in total. The molecule has 0 aliphatic heterocycles. The van der Waals surface area contributed by atoms with Crippen LogP contribution in [0.5, 0.6) is 5.75 Å². The van der Waals surface area contributed by atoms with E-state index in [1.165, 1.54) is 0 Å². The van der Waals surface area contributed by atoms with Crippen LogP contribution in [-0.4, -0.2) is 27.7 Å². The number of carboxylic acid groups (broad SMARTS) is 1. The summed E-state index contributed by atoms with van der Waals surface area (Å²) in [5.41, 5.74) is 1.88. The van der Waals surface area contributed by atoms with Crippen LogP contribution in [0, 0.1) is 0 Å².